The number of rotatable bonds is 1. The molecule has 1 aliphatic carbocycles. The highest BCUT2D eigenvalue weighted by atomic mass is 16.5. The van der Waals surface area contributed by atoms with Crippen molar-refractivity contribution in [3.63, 3.8) is 0 Å². The molecule has 114 valence electrons. The van der Waals surface area contributed by atoms with Crippen LogP contribution in [0.4, 0.5) is 0 Å². The fourth-order valence-electron chi connectivity index (χ4n) is 2.88. The van der Waals surface area contributed by atoms with E-state index in [0.29, 0.717) is 5.41 Å². The van der Waals surface area contributed by atoms with Crippen molar-refractivity contribution in [2.75, 3.05) is 13.7 Å². The van der Waals surface area contributed by atoms with Crippen LogP contribution in [0.5, 0.6) is 5.75 Å². The van der Waals surface area contributed by atoms with Gasteiger partial charge in [0.05, 0.1) is 7.11 Å². The van der Waals surface area contributed by atoms with Crippen LogP contribution < -0.4 is 10.5 Å². The molecule has 0 saturated heterocycles. The van der Waals surface area contributed by atoms with Gasteiger partial charge in [0.2, 0.25) is 0 Å². The van der Waals surface area contributed by atoms with Gasteiger partial charge in [-0.25, -0.2) is 0 Å². The van der Waals surface area contributed by atoms with Gasteiger partial charge < -0.3 is 10.5 Å². The van der Waals surface area contributed by atoms with Crippen molar-refractivity contribution in [2.45, 2.75) is 59.8 Å². The van der Waals surface area contributed by atoms with E-state index in [1.807, 2.05) is 6.92 Å². The monoisotopic (exact) mass is 277 g/mol. The van der Waals surface area contributed by atoms with Gasteiger partial charge in [-0.1, -0.05) is 40.7 Å². The quantitative estimate of drug-likeness (QED) is 0.834. The maximum absolute atomic E-state index is 5.47. The van der Waals surface area contributed by atoms with Gasteiger partial charge in [-0.3, -0.25) is 0 Å². The Kier molecular flexibility index (Phi) is 5.26. The lowest BCUT2D eigenvalue weighted by molar-refractivity contribution is 0.164. The van der Waals surface area contributed by atoms with Crippen molar-refractivity contribution in [1.29, 1.82) is 0 Å². The first-order valence-corrected chi connectivity index (χ1v) is 7.59. The third-order valence-corrected chi connectivity index (χ3v) is 5.01. The molecule has 1 aromatic rings. The molecule has 2 nitrogen and oxygen atoms in total. The van der Waals surface area contributed by atoms with Crippen LogP contribution in [0.1, 0.15) is 57.7 Å². The molecular formula is C18H31NO. The van der Waals surface area contributed by atoms with E-state index in [-0.39, 0.29) is 5.41 Å². The Morgan fingerprint density at radius 2 is 1.75 bits per heavy atom. The second kappa shape index (κ2) is 6.17. The number of methoxy groups -OCH3 is 1. The summed E-state index contributed by atoms with van der Waals surface area (Å²) >= 11 is 0. The van der Waals surface area contributed by atoms with Gasteiger partial charge in [0.1, 0.15) is 5.75 Å². The van der Waals surface area contributed by atoms with E-state index in [1.165, 1.54) is 29.5 Å². The number of hydrogen-bond donors (Lipinski definition) is 1. The highest BCUT2D eigenvalue weighted by Crippen LogP contribution is 2.50. The fraction of sp³-hybridized carbons (Fsp3) is 0.667. The minimum absolute atomic E-state index is 0.210. The zero-order valence-corrected chi connectivity index (χ0v) is 14.3. The van der Waals surface area contributed by atoms with Crippen molar-refractivity contribution in [3.8, 4) is 5.75 Å². The smallest absolute Gasteiger partial charge is 0.122 e. The van der Waals surface area contributed by atoms with Crippen molar-refractivity contribution < 1.29 is 4.74 Å². The number of fused-ring (bicyclic) bond motifs is 1. The van der Waals surface area contributed by atoms with Crippen LogP contribution >= 0.6 is 0 Å². The van der Waals surface area contributed by atoms with E-state index in [4.69, 9.17) is 10.5 Å². The normalized spacial score (nSPS) is 18.6. The van der Waals surface area contributed by atoms with Crippen LogP contribution in [-0.4, -0.2) is 13.7 Å². The molecule has 0 unspecified atom stereocenters. The highest BCUT2D eigenvalue weighted by Gasteiger charge is 2.42. The molecule has 0 aromatic heterocycles. The van der Waals surface area contributed by atoms with Crippen LogP contribution in [-0.2, 0) is 11.8 Å². The van der Waals surface area contributed by atoms with Crippen LogP contribution in [0, 0.1) is 12.3 Å². The Morgan fingerprint density at radius 1 is 1.20 bits per heavy atom. The minimum Gasteiger partial charge on any atom is -0.496 e. The average molecular weight is 277 g/mol. The average Bonchev–Trinajstić information content (AvgIpc) is 2.35. The van der Waals surface area contributed by atoms with E-state index in [2.05, 4.69) is 46.8 Å². The molecule has 0 saturated carbocycles. The van der Waals surface area contributed by atoms with E-state index >= 15 is 0 Å². The lowest BCUT2D eigenvalue weighted by atomic mass is 9.57. The topological polar surface area (TPSA) is 35.2 Å². The molecule has 0 atom stereocenters. The first-order chi connectivity index (χ1) is 9.21. The van der Waals surface area contributed by atoms with Crippen molar-refractivity contribution in [3.05, 3.63) is 28.8 Å². The van der Waals surface area contributed by atoms with Crippen LogP contribution in [0.2, 0.25) is 0 Å². The Bertz CT molecular complexity index is 461. The Labute approximate surface area is 124 Å². The zero-order valence-electron chi connectivity index (χ0n) is 14.3. The number of hydrogen-bond acceptors (Lipinski definition) is 2. The van der Waals surface area contributed by atoms with Gasteiger partial charge >= 0.3 is 0 Å². The molecule has 2 heteroatoms. The van der Waals surface area contributed by atoms with Crippen LogP contribution in [0.3, 0.4) is 0 Å². The van der Waals surface area contributed by atoms with Gasteiger partial charge in [0, 0.05) is 0 Å². The maximum Gasteiger partial charge on any atom is 0.122 e. The number of ether oxygens (including phenoxy) is 1. The molecule has 2 N–H and O–H groups in total. The lowest BCUT2D eigenvalue weighted by Crippen LogP contribution is -2.41. The SMILES string of the molecule is CCN.COc1cc2c(cc1C)CCC(C)(C)C2(C)C. The summed E-state index contributed by atoms with van der Waals surface area (Å²) in [5.74, 6) is 1.02. The minimum atomic E-state index is 0.210. The zero-order chi connectivity index (χ0) is 15.6. The molecule has 0 aliphatic heterocycles. The molecular weight excluding hydrogens is 246 g/mol. The summed E-state index contributed by atoms with van der Waals surface area (Å²) in [7, 11) is 1.76. The summed E-state index contributed by atoms with van der Waals surface area (Å²) in [6.07, 6.45) is 2.45. The first kappa shape index (κ1) is 17.0. The molecule has 2 rings (SSSR count). The summed E-state index contributed by atoms with van der Waals surface area (Å²) in [5, 5.41) is 0. The molecule has 1 aromatic carbocycles. The van der Waals surface area contributed by atoms with Gasteiger partial charge in [0.25, 0.3) is 0 Å². The van der Waals surface area contributed by atoms with Gasteiger partial charge in [-0.05, 0) is 59.9 Å². The summed E-state index contributed by atoms with van der Waals surface area (Å²) in [5.41, 5.74) is 9.63. The maximum atomic E-state index is 5.47. The molecule has 0 spiro atoms. The fourth-order valence-corrected chi connectivity index (χ4v) is 2.88. The van der Waals surface area contributed by atoms with E-state index in [1.54, 1.807) is 7.11 Å². The molecule has 0 amide bonds. The summed E-state index contributed by atoms with van der Waals surface area (Å²) in [6.45, 7) is 14.3. The summed E-state index contributed by atoms with van der Waals surface area (Å²) < 4.78 is 5.47. The van der Waals surface area contributed by atoms with Gasteiger partial charge in [-0.15, -0.1) is 0 Å². The molecule has 0 radical (unpaired) electrons. The second-order valence-corrected chi connectivity index (χ2v) is 6.90. The molecule has 0 heterocycles. The van der Waals surface area contributed by atoms with Gasteiger partial charge in [-0.2, -0.15) is 0 Å². The number of aryl methyl sites for hydroxylation is 2. The van der Waals surface area contributed by atoms with E-state index in [9.17, 15) is 0 Å². The standard InChI is InChI=1S/C16H24O.C2H7N/c1-11-9-12-7-8-15(2,3)16(4,5)13(12)10-14(11)17-6;1-2-3/h9-10H,7-8H2,1-6H3;2-3H2,1H3. The predicted molar refractivity (Wildman–Crippen MR) is 87.6 cm³/mol. The predicted octanol–water partition coefficient (Wildman–Crippen LogP) is 4.22. The Morgan fingerprint density at radius 3 is 2.25 bits per heavy atom. The van der Waals surface area contributed by atoms with Crippen molar-refractivity contribution in [1.82, 2.24) is 0 Å². The highest BCUT2D eigenvalue weighted by molar-refractivity contribution is 5.47. The first-order valence-electron chi connectivity index (χ1n) is 7.59. The van der Waals surface area contributed by atoms with E-state index < -0.39 is 0 Å². The summed E-state index contributed by atoms with van der Waals surface area (Å²) in [4.78, 5) is 0. The number of benzene rings is 1. The van der Waals surface area contributed by atoms with Crippen LogP contribution in [0.15, 0.2) is 12.1 Å². The molecule has 20 heavy (non-hydrogen) atoms. The summed E-state index contributed by atoms with van der Waals surface area (Å²) in [6, 6.07) is 4.57. The molecule has 1 aliphatic rings. The van der Waals surface area contributed by atoms with Crippen molar-refractivity contribution >= 4 is 0 Å². The van der Waals surface area contributed by atoms with E-state index in [0.717, 1.165) is 12.3 Å². The third kappa shape index (κ3) is 3.01. The number of nitrogens with two attached hydrogens (primary N) is 1. The second-order valence-electron chi connectivity index (χ2n) is 6.90. The van der Waals surface area contributed by atoms with Gasteiger partial charge in [0.15, 0.2) is 0 Å². The largest absolute Gasteiger partial charge is 0.496 e. The third-order valence-electron chi connectivity index (χ3n) is 5.01. The Balaban J connectivity index is 0.000000612. The Hall–Kier alpha value is -1.02. The molecule has 0 fully saturated rings. The van der Waals surface area contributed by atoms with Crippen molar-refractivity contribution in [2.24, 2.45) is 11.1 Å². The molecule has 0 bridgehead atoms. The van der Waals surface area contributed by atoms with Crippen LogP contribution in [0.25, 0.3) is 0 Å². The lowest BCUT2D eigenvalue weighted by Gasteiger charge is -2.47.